The molecule has 2 rings (SSSR count). The first kappa shape index (κ1) is 7.42. The van der Waals surface area contributed by atoms with Crippen LogP contribution in [0, 0.1) is 0 Å². The van der Waals surface area contributed by atoms with Gasteiger partial charge in [0.25, 0.3) is 0 Å². The monoisotopic (exact) mass is 184 g/mol. The summed E-state index contributed by atoms with van der Waals surface area (Å²) in [5.74, 6) is 1.01. The van der Waals surface area contributed by atoms with Gasteiger partial charge in [-0.3, -0.25) is 0 Å². The Morgan fingerprint density at radius 1 is 1.58 bits per heavy atom. The van der Waals surface area contributed by atoms with Crippen LogP contribution in [0.25, 0.3) is 0 Å². The summed E-state index contributed by atoms with van der Waals surface area (Å²) in [7, 11) is 1.53. The molecule has 0 spiro atoms. The zero-order valence-corrected chi connectivity index (χ0v) is 6.99. The molecule has 6 heteroatoms. The zero-order valence-electron chi connectivity index (χ0n) is 6.23. The van der Waals surface area contributed by atoms with Crippen molar-refractivity contribution in [2.24, 2.45) is 20.0 Å². The first-order valence-corrected chi connectivity index (χ1v) is 3.65. The fraction of sp³-hybridized carbons (Fsp3) is 0.333. The summed E-state index contributed by atoms with van der Waals surface area (Å²) in [5.41, 5.74) is 0. The first-order valence-electron chi connectivity index (χ1n) is 3.27. The van der Waals surface area contributed by atoms with Gasteiger partial charge in [0, 0.05) is 0 Å². The highest BCUT2D eigenvalue weighted by Crippen LogP contribution is 2.14. The van der Waals surface area contributed by atoms with Crippen molar-refractivity contribution in [2.75, 3.05) is 7.11 Å². The SMILES string of the molecule is COC1=NC=NC2=NC(Cl)=NC21. The van der Waals surface area contributed by atoms with Crippen molar-refractivity contribution < 1.29 is 4.74 Å². The molecule has 2 heterocycles. The Morgan fingerprint density at radius 3 is 3.17 bits per heavy atom. The van der Waals surface area contributed by atoms with Gasteiger partial charge in [-0.25, -0.2) is 20.0 Å². The fourth-order valence-corrected chi connectivity index (χ4v) is 1.18. The summed E-state index contributed by atoms with van der Waals surface area (Å²) in [4.78, 5) is 15.6. The smallest absolute Gasteiger partial charge is 0.222 e. The van der Waals surface area contributed by atoms with E-state index in [2.05, 4.69) is 20.0 Å². The van der Waals surface area contributed by atoms with Crippen LogP contribution in [0.2, 0.25) is 0 Å². The van der Waals surface area contributed by atoms with Gasteiger partial charge in [0.1, 0.15) is 6.34 Å². The number of fused-ring (bicyclic) bond motifs is 1. The minimum Gasteiger partial charge on any atom is -0.482 e. The highest BCUT2D eigenvalue weighted by Gasteiger charge is 2.29. The molecule has 0 aromatic carbocycles. The molecular weight excluding hydrogens is 180 g/mol. The van der Waals surface area contributed by atoms with E-state index in [1.165, 1.54) is 13.4 Å². The van der Waals surface area contributed by atoms with E-state index in [9.17, 15) is 0 Å². The Bertz CT molecular complexity index is 330. The van der Waals surface area contributed by atoms with Crippen LogP contribution in [0.3, 0.4) is 0 Å². The van der Waals surface area contributed by atoms with Crippen LogP contribution in [0.1, 0.15) is 0 Å². The molecule has 0 amide bonds. The maximum Gasteiger partial charge on any atom is 0.222 e. The topological polar surface area (TPSA) is 58.7 Å². The Labute approximate surface area is 73.6 Å². The summed E-state index contributed by atoms with van der Waals surface area (Å²) in [5, 5.41) is 0.193. The molecule has 2 aliphatic rings. The minimum absolute atomic E-state index is 0.193. The number of halogens is 1. The van der Waals surface area contributed by atoms with Crippen molar-refractivity contribution >= 4 is 35.0 Å². The number of nitrogens with zero attached hydrogens (tertiary/aromatic N) is 4. The second-order valence-corrected chi connectivity index (χ2v) is 2.52. The maximum absolute atomic E-state index is 5.59. The van der Waals surface area contributed by atoms with Crippen LogP contribution < -0.4 is 0 Å². The summed E-state index contributed by atoms with van der Waals surface area (Å²) < 4.78 is 4.97. The van der Waals surface area contributed by atoms with E-state index in [0.717, 1.165) is 0 Å². The first-order chi connectivity index (χ1) is 5.81. The average molecular weight is 185 g/mol. The molecule has 5 nitrogen and oxygen atoms in total. The zero-order chi connectivity index (χ0) is 8.55. The molecule has 0 aromatic rings. The second-order valence-electron chi connectivity index (χ2n) is 2.19. The normalized spacial score (nSPS) is 25.8. The minimum atomic E-state index is -0.340. The van der Waals surface area contributed by atoms with Crippen LogP contribution in [-0.4, -0.2) is 36.5 Å². The van der Waals surface area contributed by atoms with E-state index >= 15 is 0 Å². The molecule has 0 N–H and O–H groups in total. The van der Waals surface area contributed by atoms with Crippen molar-refractivity contribution in [1.29, 1.82) is 0 Å². The molecule has 2 aliphatic heterocycles. The Morgan fingerprint density at radius 2 is 2.42 bits per heavy atom. The van der Waals surface area contributed by atoms with Crippen LogP contribution in [-0.2, 0) is 4.74 Å². The van der Waals surface area contributed by atoms with Gasteiger partial charge in [-0.05, 0) is 11.6 Å². The highest BCUT2D eigenvalue weighted by molar-refractivity contribution is 6.66. The molecule has 0 aromatic heterocycles. The van der Waals surface area contributed by atoms with Crippen molar-refractivity contribution in [3.63, 3.8) is 0 Å². The number of hydrogen-bond donors (Lipinski definition) is 0. The molecule has 0 radical (unpaired) electrons. The molecule has 0 saturated carbocycles. The standard InChI is InChI=1S/C6H5ClN4O/c1-12-5-3-4(8-2-9-5)11-6(7)10-3/h2-3H,1H3. The lowest BCUT2D eigenvalue weighted by atomic mass is 10.3. The van der Waals surface area contributed by atoms with E-state index in [0.29, 0.717) is 11.7 Å². The van der Waals surface area contributed by atoms with Crippen LogP contribution >= 0.6 is 11.6 Å². The van der Waals surface area contributed by atoms with Crippen LogP contribution in [0.15, 0.2) is 20.0 Å². The number of ether oxygens (including phenoxy) is 1. The van der Waals surface area contributed by atoms with Gasteiger partial charge in [-0.15, -0.1) is 0 Å². The predicted molar refractivity (Wildman–Crippen MR) is 47.4 cm³/mol. The van der Waals surface area contributed by atoms with Crippen LogP contribution in [0.4, 0.5) is 0 Å². The third-order valence-corrected chi connectivity index (χ3v) is 1.69. The van der Waals surface area contributed by atoms with E-state index in [4.69, 9.17) is 16.3 Å². The number of methoxy groups -OCH3 is 1. The Hall–Kier alpha value is -1.23. The molecular formula is C6H5ClN4O. The summed E-state index contributed by atoms with van der Waals surface area (Å²) in [6.07, 6.45) is 1.37. The lowest BCUT2D eigenvalue weighted by molar-refractivity contribution is 0.391. The van der Waals surface area contributed by atoms with Gasteiger partial charge < -0.3 is 4.74 Å². The lowest BCUT2D eigenvalue weighted by Crippen LogP contribution is -2.29. The van der Waals surface area contributed by atoms with Gasteiger partial charge >= 0.3 is 0 Å². The third kappa shape index (κ3) is 1.02. The number of hydrogen-bond acceptors (Lipinski definition) is 5. The fourth-order valence-electron chi connectivity index (χ4n) is 0.994. The highest BCUT2D eigenvalue weighted by atomic mass is 35.5. The number of rotatable bonds is 0. The Balaban J connectivity index is 2.37. The van der Waals surface area contributed by atoms with Gasteiger partial charge in [-0.1, -0.05) is 0 Å². The largest absolute Gasteiger partial charge is 0.482 e. The molecule has 62 valence electrons. The van der Waals surface area contributed by atoms with Gasteiger partial charge in [0.15, 0.2) is 11.9 Å². The predicted octanol–water partition coefficient (Wildman–Crippen LogP) is 0.449. The molecule has 1 unspecified atom stereocenters. The third-order valence-electron chi connectivity index (χ3n) is 1.51. The van der Waals surface area contributed by atoms with Crippen molar-refractivity contribution in [2.45, 2.75) is 6.04 Å². The van der Waals surface area contributed by atoms with Gasteiger partial charge in [-0.2, -0.15) is 0 Å². The quantitative estimate of drug-likeness (QED) is 0.505. The van der Waals surface area contributed by atoms with Crippen molar-refractivity contribution in [1.82, 2.24) is 0 Å². The summed E-state index contributed by atoms with van der Waals surface area (Å²) in [6.45, 7) is 0. The Kier molecular flexibility index (Phi) is 1.65. The molecule has 12 heavy (non-hydrogen) atoms. The number of amidine groups is 2. The average Bonchev–Trinajstić information content (AvgIpc) is 2.44. The molecule has 0 bridgehead atoms. The molecule has 0 fully saturated rings. The second kappa shape index (κ2) is 2.67. The van der Waals surface area contributed by atoms with E-state index < -0.39 is 0 Å². The van der Waals surface area contributed by atoms with Crippen molar-refractivity contribution in [3.05, 3.63) is 0 Å². The maximum atomic E-state index is 5.59. The van der Waals surface area contributed by atoms with Crippen molar-refractivity contribution in [3.8, 4) is 0 Å². The number of aliphatic imine (C=N–C) groups is 4. The van der Waals surface area contributed by atoms with E-state index in [1.54, 1.807) is 0 Å². The van der Waals surface area contributed by atoms with Gasteiger partial charge in [0.2, 0.25) is 11.2 Å². The van der Waals surface area contributed by atoms with Crippen LogP contribution in [0.5, 0.6) is 0 Å². The lowest BCUT2D eigenvalue weighted by Gasteiger charge is -2.11. The van der Waals surface area contributed by atoms with E-state index in [-0.39, 0.29) is 11.3 Å². The van der Waals surface area contributed by atoms with E-state index in [1.807, 2.05) is 0 Å². The molecule has 0 aliphatic carbocycles. The summed E-state index contributed by atoms with van der Waals surface area (Å²) >= 11 is 5.59. The van der Waals surface area contributed by atoms with Gasteiger partial charge in [0.05, 0.1) is 7.11 Å². The molecule has 0 saturated heterocycles. The summed E-state index contributed by atoms with van der Waals surface area (Å²) in [6, 6.07) is -0.340. The molecule has 1 atom stereocenters.